The molecular weight excluding hydrogens is 749 g/mol. The zero-order chi connectivity index (χ0) is 40.4. The van der Waals surface area contributed by atoms with E-state index in [4.69, 9.17) is 14.8 Å². The first-order chi connectivity index (χ1) is 27.2. The van der Waals surface area contributed by atoms with E-state index in [0.717, 1.165) is 33.8 Å². The van der Waals surface area contributed by atoms with E-state index >= 15 is 8.78 Å². The molecule has 11 nitrogen and oxygen atoms in total. The summed E-state index contributed by atoms with van der Waals surface area (Å²) in [5.74, 6) is -1.89. The van der Waals surface area contributed by atoms with Gasteiger partial charge < -0.3 is 19.4 Å². The molecule has 0 aliphatic carbocycles. The molecule has 3 aliphatic heterocycles. The lowest BCUT2D eigenvalue weighted by Crippen LogP contribution is -2.48. The standard InChI is InChI=1S/C43H45F2N7O4S/c1-8-36(53)51-19-23(2)52-33(24(51)3)18-32(47-52)41-39(38-31(45)16-29(44)17-35(38)56-22-25-13-37(54)50(7)20-25)42-30(11-12-57-42)40(46-41)27-10-9-26-15-34(43(55)48(4)5)49(6)21-28(26)14-27/h8-12,14,16-18,23-25,34H,1,13,15,19-22H2,2-7H3/t23-,24+,25+,34-/m0/s1. The predicted molar refractivity (Wildman–Crippen MR) is 216 cm³/mol. The fraction of sp³-hybridized carbons (Fsp3) is 0.372. The number of fused-ring (bicyclic) bond motifs is 3. The van der Waals surface area contributed by atoms with Crippen LogP contribution in [0.3, 0.4) is 0 Å². The van der Waals surface area contributed by atoms with Crippen LogP contribution in [0.15, 0.2) is 60.5 Å². The maximum Gasteiger partial charge on any atom is 0.246 e. The highest BCUT2D eigenvalue weighted by Gasteiger charge is 2.35. The lowest BCUT2D eigenvalue weighted by Gasteiger charge is -2.36. The van der Waals surface area contributed by atoms with Crippen molar-refractivity contribution in [3.8, 4) is 39.5 Å². The molecule has 0 radical (unpaired) electrons. The van der Waals surface area contributed by atoms with E-state index in [9.17, 15) is 14.4 Å². The Hall–Kier alpha value is -5.47. The second kappa shape index (κ2) is 14.8. The lowest BCUT2D eigenvalue weighted by molar-refractivity contribution is -0.134. The Labute approximate surface area is 334 Å². The number of hydrogen-bond donors (Lipinski definition) is 0. The van der Waals surface area contributed by atoms with Crippen molar-refractivity contribution >= 4 is 39.1 Å². The minimum absolute atomic E-state index is 0.00658. The predicted octanol–water partition coefficient (Wildman–Crippen LogP) is 6.72. The molecule has 4 atom stereocenters. The number of hydrogen-bond acceptors (Lipinski definition) is 8. The molecular formula is C43H45F2N7O4S. The average Bonchev–Trinajstić information content (AvgIpc) is 3.93. The van der Waals surface area contributed by atoms with Crippen LogP contribution in [0.5, 0.6) is 5.75 Å². The number of aromatic nitrogens is 3. The summed E-state index contributed by atoms with van der Waals surface area (Å²) in [6.45, 7) is 9.17. The first-order valence-corrected chi connectivity index (χ1v) is 20.0. The molecule has 0 spiro atoms. The number of nitrogens with zero attached hydrogens (tertiary/aromatic N) is 7. The van der Waals surface area contributed by atoms with Crippen LogP contribution >= 0.6 is 11.3 Å². The van der Waals surface area contributed by atoms with E-state index in [1.54, 1.807) is 35.8 Å². The van der Waals surface area contributed by atoms with Crippen molar-refractivity contribution in [3.63, 3.8) is 0 Å². The summed E-state index contributed by atoms with van der Waals surface area (Å²) in [6, 6.07) is 11.3. The van der Waals surface area contributed by atoms with Gasteiger partial charge in [-0.2, -0.15) is 5.10 Å². The molecule has 0 N–H and O–H groups in total. The number of likely N-dealkylation sites (N-methyl/N-ethyl adjacent to an activating group) is 2. The van der Waals surface area contributed by atoms with E-state index in [1.807, 2.05) is 49.2 Å². The Morgan fingerprint density at radius 1 is 1.02 bits per heavy atom. The number of rotatable bonds is 8. The van der Waals surface area contributed by atoms with Crippen molar-refractivity contribution in [1.82, 2.24) is 34.4 Å². The number of carbonyl (C=O) groups is 3. The fourth-order valence-electron chi connectivity index (χ4n) is 8.55. The van der Waals surface area contributed by atoms with Crippen LogP contribution in [-0.2, 0) is 27.3 Å². The molecule has 0 bridgehead atoms. The van der Waals surface area contributed by atoms with Gasteiger partial charge in [-0.15, -0.1) is 11.3 Å². The van der Waals surface area contributed by atoms with Crippen LogP contribution in [0.1, 0.15) is 49.2 Å². The molecule has 2 aromatic carbocycles. The largest absolute Gasteiger partial charge is 0.492 e. The average molecular weight is 794 g/mol. The van der Waals surface area contributed by atoms with Gasteiger partial charge in [0.2, 0.25) is 17.7 Å². The molecule has 296 valence electrons. The van der Waals surface area contributed by atoms with Crippen molar-refractivity contribution in [2.24, 2.45) is 5.92 Å². The highest BCUT2D eigenvalue weighted by molar-refractivity contribution is 7.18. The first kappa shape index (κ1) is 38.4. The van der Waals surface area contributed by atoms with Crippen molar-refractivity contribution in [2.75, 3.05) is 47.9 Å². The van der Waals surface area contributed by atoms with Crippen LogP contribution in [0.25, 0.3) is 43.9 Å². The zero-order valence-corrected chi connectivity index (χ0v) is 33.7. The molecule has 5 aromatic rings. The third kappa shape index (κ3) is 6.78. The summed E-state index contributed by atoms with van der Waals surface area (Å²) in [5.41, 5.74) is 5.75. The summed E-state index contributed by atoms with van der Waals surface area (Å²) >= 11 is 1.41. The van der Waals surface area contributed by atoms with Gasteiger partial charge in [-0.05, 0) is 68.1 Å². The normalized spacial score (nSPS) is 20.8. The first-order valence-electron chi connectivity index (χ1n) is 19.1. The van der Waals surface area contributed by atoms with Gasteiger partial charge in [-0.3, -0.25) is 24.0 Å². The summed E-state index contributed by atoms with van der Waals surface area (Å²) in [6.07, 6.45) is 2.17. The molecule has 14 heteroatoms. The number of benzene rings is 2. The summed E-state index contributed by atoms with van der Waals surface area (Å²) in [7, 11) is 7.22. The van der Waals surface area contributed by atoms with Crippen molar-refractivity contribution in [2.45, 2.75) is 51.4 Å². The molecule has 0 unspecified atom stereocenters. The van der Waals surface area contributed by atoms with Crippen LogP contribution in [0.2, 0.25) is 0 Å². The summed E-state index contributed by atoms with van der Waals surface area (Å²) < 4.78 is 40.5. The Balaban J connectivity index is 1.31. The van der Waals surface area contributed by atoms with Crippen molar-refractivity contribution < 1.29 is 27.9 Å². The third-order valence-electron chi connectivity index (χ3n) is 11.6. The van der Waals surface area contributed by atoms with E-state index < -0.39 is 11.6 Å². The highest BCUT2D eigenvalue weighted by atomic mass is 32.1. The van der Waals surface area contributed by atoms with Crippen molar-refractivity contribution in [3.05, 3.63) is 89.0 Å². The quantitative estimate of drug-likeness (QED) is 0.161. The molecule has 3 aliphatic rings. The van der Waals surface area contributed by atoms with Gasteiger partial charge in [0.15, 0.2) is 0 Å². The number of ether oxygens (including phenoxy) is 1. The van der Waals surface area contributed by atoms with Crippen LogP contribution < -0.4 is 4.74 Å². The molecule has 3 aromatic heterocycles. The Bertz CT molecular complexity index is 2460. The van der Waals surface area contributed by atoms with Gasteiger partial charge in [0.05, 0.1) is 41.7 Å². The maximum absolute atomic E-state index is 16.6. The SMILES string of the molecule is C=CC(=O)N1C[C@H](C)n2nc(-c3nc(-c4ccc5c(c4)CN(C)[C@H](C(=O)N(C)C)C5)c4ccsc4c3-c3c(F)cc(F)cc3OC[C@@H]3CC(=O)N(C)C3)cc2[C@H]1C. The topological polar surface area (TPSA) is 104 Å². The smallest absolute Gasteiger partial charge is 0.246 e. The van der Waals surface area contributed by atoms with Crippen LogP contribution in [0, 0.1) is 17.6 Å². The Morgan fingerprint density at radius 3 is 2.53 bits per heavy atom. The van der Waals surface area contributed by atoms with Gasteiger partial charge in [0, 0.05) is 86.5 Å². The summed E-state index contributed by atoms with van der Waals surface area (Å²) in [4.78, 5) is 50.6. The second-order valence-corrected chi connectivity index (χ2v) is 16.6. The Morgan fingerprint density at radius 2 is 1.81 bits per heavy atom. The maximum atomic E-state index is 16.6. The number of amides is 3. The van der Waals surface area contributed by atoms with Crippen molar-refractivity contribution in [1.29, 1.82) is 0 Å². The van der Waals surface area contributed by atoms with Crippen LogP contribution in [-0.4, -0.2) is 106 Å². The summed E-state index contributed by atoms with van der Waals surface area (Å²) in [5, 5.41) is 7.78. The second-order valence-electron chi connectivity index (χ2n) is 15.7. The molecule has 8 rings (SSSR count). The molecule has 1 fully saturated rings. The van der Waals surface area contributed by atoms with Gasteiger partial charge in [0.25, 0.3) is 0 Å². The molecule has 1 saturated heterocycles. The number of pyridine rings is 1. The molecule has 0 saturated carbocycles. The minimum atomic E-state index is -0.817. The zero-order valence-electron chi connectivity index (χ0n) is 32.9. The fourth-order valence-corrected chi connectivity index (χ4v) is 9.50. The van der Waals surface area contributed by atoms with E-state index in [-0.39, 0.29) is 66.1 Å². The highest BCUT2D eigenvalue weighted by Crippen LogP contribution is 2.48. The molecule has 57 heavy (non-hydrogen) atoms. The number of likely N-dealkylation sites (tertiary alicyclic amines) is 1. The molecule has 3 amide bonds. The van der Waals surface area contributed by atoms with Gasteiger partial charge in [-0.1, -0.05) is 18.7 Å². The Kier molecular flexibility index (Phi) is 9.97. The number of halogens is 2. The lowest BCUT2D eigenvalue weighted by atomic mass is 9.90. The van der Waals surface area contributed by atoms with Gasteiger partial charge in [0.1, 0.15) is 28.8 Å². The number of carbonyl (C=O) groups excluding carboxylic acids is 3. The van der Waals surface area contributed by atoms with Gasteiger partial charge in [-0.25, -0.2) is 13.8 Å². The van der Waals surface area contributed by atoms with Gasteiger partial charge >= 0.3 is 0 Å². The monoisotopic (exact) mass is 793 g/mol. The number of thiophene rings is 1. The van der Waals surface area contributed by atoms with Crippen LogP contribution in [0.4, 0.5) is 8.78 Å². The van der Waals surface area contributed by atoms with E-state index in [1.165, 1.54) is 23.5 Å². The molecule has 6 heterocycles. The minimum Gasteiger partial charge on any atom is -0.492 e. The van der Waals surface area contributed by atoms with E-state index in [0.29, 0.717) is 53.4 Å². The third-order valence-corrected chi connectivity index (χ3v) is 12.5. The van der Waals surface area contributed by atoms with E-state index in [2.05, 4.69) is 23.6 Å².